The van der Waals surface area contributed by atoms with Gasteiger partial charge in [0.2, 0.25) is 0 Å². The second-order valence-electron chi connectivity index (χ2n) is 2.58. The third-order valence-corrected chi connectivity index (χ3v) is 2.20. The zero-order chi connectivity index (χ0) is 11.1. The molecule has 0 aliphatic rings. The van der Waals surface area contributed by atoms with E-state index in [4.69, 9.17) is 23.2 Å². The Kier molecular flexibility index (Phi) is 6.60. The maximum atomic E-state index is 10.8. The van der Waals surface area contributed by atoms with E-state index in [1.807, 2.05) is 13.8 Å². The topological polar surface area (TPSA) is 17.1 Å². The van der Waals surface area contributed by atoms with E-state index in [1.165, 1.54) is 6.92 Å². The van der Waals surface area contributed by atoms with Crippen LogP contribution in [0.3, 0.4) is 0 Å². The lowest BCUT2D eigenvalue weighted by molar-refractivity contribution is -0.116. The summed E-state index contributed by atoms with van der Waals surface area (Å²) >= 11 is 11.7. The van der Waals surface area contributed by atoms with Gasteiger partial charge in [0.25, 0.3) is 0 Å². The van der Waals surface area contributed by atoms with Gasteiger partial charge in [0.15, 0.2) is 0 Å². The van der Waals surface area contributed by atoms with Gasteiger partial charge in [-0.05, 0) is 24.6 Å². The van der Waals surface area contributed by atoms with Crippen LogP contribution in [0.5, 0.6) is 0 Å². The summed E-state index contributed by atoms with van der Waals surface area (Å²) in [4.78, 5) is 10.8. The smallest absolute Gasteiger partial charge is 0.134 e. The lowest BCUT2D eigenvalue weighted by Gasteiger charge is -2.03. The van der Waals surface area contributed by atoms with Crippen molar-refractivity contribution in [1.82, 2.24) is 0 Å². The highest BCUT2D eigenvalue weighted by atomic mass is 35.5. The Hall–Kier alpha value is -0.530. The fraction of sp³-hybridized carbons (Fsp3) is 0.364. The van der Waals surface area contributed by atoms with E-state index in [2.05, 4.69) is 0 Å². The van der Waals surface area contributed by atoms with E-state index < -0.39 is 0 Å². The van der Waals surface area contributed by atoms with E-state index in [0.717, 1.165) is 0 Å². The SMILES string of the molecule is CC.CC(=O)Cc1c(Cl)cccc1Cl. The largest absolute Gasteiger partial charge is 0.300 e. The molecule has 0 bridgehead atoms. The van der Waals surface area contributed by atoms with Crippen LogP contribution in [0.25, 0.3) is 0 Å². The van der Waals surface area contributed by atoms with Crippen LogP contribution >= 0.6 is 23.2 Å². The minimum atomic E-state index is 0.0602. The summed E-state index contributed by atoms with van der Waals surface area (Å²) in [5.41, 5.74) is 0.716. The van der Waals surface area contributed by atoms with E-state index in [1.54, 1.807) is 18.2 Å². The maximum Gasteiger partial charge on any atom is 0.134 e. The molecule has 0 spiro atoms. The van der Waals surface area contributed by atoms with Crippen molar-refractivity contribution in [2.75, 3.05) is 0 Å². The first-order valence-electron chi connectivity index (χ1n) is 4.53. The summed E-state index contributed by atoms with van der Waals surface area (Å²) in [6, 6.07) is 5.21. The Morgan fingerprint density at radius 2 is 1.64 bits per heavy atom. The molecule has 1 aromatic carbocycles. The van der Waals surface area contributed by atoms with Crippen molar-refractivity contribution >= 4 is 29.0 Å². The highest BCUT2D eigenvalue weighted by Gasteiger charge is 2.06. The Balaban J connectivity index is 0.000000791. The molecule has 1 aromatic rings. The second kappa shape index (κ2) is 6.86. The number of carbonyl (C=O) groups is 1. The lowest BCUT2D eigenvalue weighted by atomic mass is 10.1. The van der Waals surface area contributed by atoms with Crippen LogP contribution in [0.2, 0.25) is 10.0 Å². The van der Waals surface area contributed by atoms with Crippen molar-refractivity contribution in [1.29, 1.82) is 0 Å². The number of halogens is 2. The van der Waals surface area contributed by atoms with Crippen molar-refractivity contribution in [3.05, 3.63) is 33.8 Å². The maximum absolute atomic E-state index is 10.8. The quantitative estimate of drug-likeness (QED) is 0.749. The fourth-order valence-electron chi connectivity index (χ4n) is 0.950. The summed E-state index contributed by atoms with van der Waals surface area (Å²) in [6.45, 7) is 5.51. The molecule has 0 N–H and O–H groups in total. The number of rotatable bonds is 2. The van der Waals surface area contributed by atoms with E-state index in [-0.39, 0.29) is 5.78 Å². The Labute approximate surface area is 95.0 Å². The van der Waals surface area contributed by atoms with Gasteiger partial charge in [-0.2, -0.15) is 0 Å². The first-order valence-corrected chi connectivity index (χ1v) is 5.29. The lowest BCUT2D eigenvalue weighted by Crippen LogP contribution is -1.97. The monoisotopic (exact) mass is 232 g/mol. The van der Waals surface area contributed by atoms with Crippen LogP contribution in [-0.4, -0.2) is 5.78 Å². The Bertz CT molecular complexity index is 288. The van der Waals surface area contributed by atoms with Crippen LogP contribution in [-0.2, 0) is 11.2 Å². The number of benzene rings is 1. The summed E-state index contributed by atoms with van der Waals surface area (Å²) < 4.78 is 0. The van der Waals surface area contributed by atoms with Crippen LogP contribution in [0.1, 0.15) is 26.3 Å². The van der Waals surface area contributed by atoms with E-state index in [0.29, 0.717) is 22.0 Å². The molecule has 14 heavy (non-hydrogen) atoms. The summed E-state index contributed by atoms with van der Waals surface area (Å²) in [6.07, 6.45) is 0.304. The first kappa shape index (κ1) is 13.5. The standard InChI is InChI=1S/C9H8Cl2O.C2H6/c1-6(12)5-7-8(10)3-2-4-9(7)11;1-2/h2-4H,5H2,1H3;1-2H3. The molecule has 0 aliphatic heterocycles. The molecule has 1 nitrogen and oxygen atoms in total. The highest BCUT2D eigenvalue weighted by molar-refractivity contribution is 6.36. The van der Waals surface area contributed by atoms with E-state index >= 15 is 0 Å². The van der Waals surface area contributed by atoms with E-state index in [9.17, 15) is 4.79 Å². The minimum Gasteiger partial charge on any atom is -0.300 e. The van der Waals surface area contributed by atoms with Gasteiger partial charge in [-0.3, -0.25) is 4.79 Å². The van der Waals surface area contributed by atoms with Crippen LogP contribution in [0.4, 0.5) is 0 Å². The molecule has 1 rings (SSSR count). The molecule has 0 unspecified atom stereocenters. The fourth-order valence-corrected chi connectivity index (χ4v) is 1.48. The zero-order valence-corrected chi connectivity index (χ0v) is 10.1. The Morgan fingerprint density at radius 3 is 2.00 bits per heavy atom. The van der Waals surface area contributed by atoms with Crippen molar-refractivity contribution in [2.24, 2.45) is 0 Å². The molecule has 0 aromatic heterocycles. The minimum absolute atomic E-state index is 0.0602. The predicted molar refractivity (Wildman–Crippen MR) is 62.2 cm³/mol. The number of hydrogen-bond donors (Lipinski definition) is 0. The molecule has 78 valence electrons. The van der Waals surface area contributed by atoms with Crippen molar-refractivity contribution in [3.63, 3.8) is 0 Å². The van der Waals surface area contributed by atoms with Gasteiger partial charge in [0.1, 0.15) is 5.78 Å². The van der Waals surface area contributed by atoms with Gasteiger partial charge >= 0.3 is 0 Å². The molecule has 0 aliphatic carbocycles. The van der Waals surface area contributed by atoms with Crippen LogP contribution < -0.4 is 0 Å². The van der Waals surface area contributed by atoms with Gasteiger partial charge in [0, 0.05) is 16.5 Å². The normalized spacial score (nSPS) is 8.93. The molecule has 0 radical (unpaired) electrons. The van der Waals surface area contributed by atoms with Crippen molar-refractivity contribution in [2.45, 2.75) is 27.2 Å². The molecule has 0 fully saturated rings. The number of hydrogen-bond acceptors (Lipinski definition) is 1. The van der Waals surface area contributed by atoms with Gasteiger partial charge in [-0.15, -0.1) is 0 Å². The van der Waals surface area contributed by atoms with Crippen LogP contribution in [0, 0.1) is 0 Å². The van der Waals surface area contributed by atoms with Crippen molar-refractivity contribution in [3.8, 4) is 0 Å². The molecular formula is C11H14Cl2O. The molecule has 0 heterocycles. The molecular weight excluding hydrogens is 219 g/mol. The average molecular weight is 233 g/mol. The molecule has 3 heteroatoms. The van der Waals surface area contributed by atoms with Gasteiger partial charge < -0.3 is 0 Å². The average Bonchev–Trinajstić information content (AvgIpc) is 2.15. The third-order valence-electron chi connectivity index (χ3n) is 1.49. The summed E-state index contributed by atoms with van der Waals surface area (Å²) in [5, 5.41) is 1.11. The first-order chi connectivity index (χ1) is 6.61. The molecule has 0 amide bonds. The predicted octanol–water partition coefficient (Wildman–Crippen LogP) is 4.15. The molecule has 0 atom stereocenters. The second-order valence-corrected chi connectivity index (χ2v) is 3.39. The van der Waals surface area contributed by atoms with Crippen molar-refractivity contribution < 1.29 is 4.79 Å². The zero-order valence-electron chi connectivity index (χ0n) is 8.60. The highest BCUT2D eigenvalue weighted by Crippen LogP contribution is 2.24. The van der Waals surface area contributed by atoms with Gasteiger partial charge in [-0.1, -0.05) is 43.1 Å². The molecule has 0 saturated heterocycles. The van der Waals surface area contributed by atoms with Gasteiger partial charge in [-0.25, -0.2) is 0 Å². The summed E-state index contributed by atoms with van der Waals surface area (Å²) in [7, 11) is 0. The van der Waals surface area contributed by atoms with Gasteiger partial charge in [0.05, 0.1) is 0 Å². The Morgan fingerprint density at radius 1 is 1.21 bits per heavy atom. The number of ketones is 1. The third kappa shape index (κ3) is 4.12. The molecule has 0 saturated carbocycles. The van der Waals surface area contributed by atoms with Crippen LogP contribution in [0.15, 0.2) is 18.2 Å². The number of Topliss-reactive ketones (excluding diaryl/α,β-unsaturated/α-hetero) is 1. The summed E-state index contributed by atoms with van der Waals surface area (Å²) in [5.74, 6) is 0.0602. The number of carbonyl (C=O) groups excluding carboxylic acids is 1.